The van der Waals surface area contributed by atoms with Gasteiger partial charge in [0.15, 0.2) is 0 Å². The molecule has 0 bridgehead atoms. The molecule has 0 aliphatic heterocycles. The van der Waals surface area contributed by atoms with Gasteiger partial charge < -0.3 is 10.3 Å². The molecule has 92 valence electrons. The van der Waals surface area contributed by atoms with Crippen molar-refractivity contribution in [1.29, 1.82) is 0 Å². The van der Waals surface area contributed by atoms with Crippen LogP contribution in [0.5, 0.6) is 0 Å². The van der Waals surface area contributed by atoms with E-state index in [4.69, 9.17) is 5.73 Å². The van der Waals surface area contributed by atoms with E-state index in [2.05, 4.69) is 43.5 Å². The Morgan fingerprint density at radius 1 is 1.24 bits per heavy atom. The molecule has 2 aromatic rings. The minimum absolute atomic E-state index is 0.722. The second kappa shape index (κ2) is 4.92. The van der Waals surface area contributed by atoms with Gasteiger partial charge in [-0.1, -0.05) is 19.1 Å². The summed E-state index contributed by atoms with van der Waals surface area (Å²) < 4.78 is 2.44. The van der Waals surface area contributed by atoms with Crippen molar-refractivity contribution in [2.45, 2.75) is 40.2 Å². The standard InChI is InChI=1S/C15H22N2/c1-4-9-17-12(3)13(7-8-16)14-6-5-11(2)10-15(14)17/h5-6,10H,4,7-9,16H2,1-3H3. The van der Waals surface area contributed by atoms with Crippen LogP contribution in [-0.2, 0) is 13.0 Å². The average Bonchev–Trinajstić information content (AvgIpc) is 2.55. The number of aryl methyl sites for hydroxylation is 2. The van der Waals surface area contributed by atoms with Gasteiger partial charge in [-0.25, -0.2) is 0 Å². The lowest BCUT2D eigenvalue weighted by atomic mass is 10.1. The number of nitrogens with two attached hydrogens (primary N) is 1. The van der Waals surface area contributed by atoms with E-state index in [-0.39, 0.29) is 0 Å². The van der Waals surface area contributed by atoms with Gasteiger partial charge >= 0.3 is 0 Å². The second-order valence-electron chi connectivity index (χ2n) is 4.77. The molecule has 0 saturated heterocycles. The number of aromatic nitrogens is 1. The van der Waals surface area contributed by atoms with Crippen molar-refractivity contribution in [2.75, 3.05) is 6.54 Å². The van der Waals surface area contributed by atoms with Crippen LogP contribution in [0.4, 0.5) is 0 Å². The lowest BCUT2D eigenvalue weighted by Gasteiger charge is -2.06. The molecular formula is C15H22N2. The fourth-order valence-electron chi connectivity index (χ4n) is 2.63. The van der Waals surface area contributed by atoms with Gasteiger partial charge in [0.1, 0.15) is 0 Å². The summed E-state index contributed by atoms with van der Waals surface area (Å²) in [7, 11) is 0. The highest BCUT2D eigenvalue weighted by molar-refractivity contribution is 5.86. The third-order valence-corrected chi connectivity index (χ3v) is 3.45. The predicted molar refractivity (Wildman–Crippen MR) is 74.5 cm³/mol. The molecule has 1 aromatic heterocycles. The van der Waals surface area contributed by atoms with E-state index < -0.39 is 0 Å². The lowest BCUT2D eigenvalue weighted by molar-refractivity contribution is 0.681. The Balaban J connectivity index is 2.69. The molecule has 1 aromatic carbocycles. The molecule has 17 heavy (non-hydrogen) atoms. The summed E-state index contributed by atoms with van der Waals surface area (Å²) in [5.41, 5.74) is 11.2. The van der Waals surface area contributed by atoms with Crippen LogP contribution < -0.4 is 5.73 Å². The summed E-state index contributed by atoms with van der Waals surface area (Å²) in [5, 5.41) is 1.38. The zero-order chi connectivity index (χ0) is 12.4. The Morgan fingerprint density at radius 2 is 2.00 bits per heavy atom. The maximum atomic E-state index is 5.72. The third kappa shape index (κ3) is 2.09. The van der Waals surface area contributed by atoms with Crippen molar-refractivity contribution < 1.29 is 0 Å². The molecule has 0 aliphatic rings. The highest BCUT2D eigenvalue weighted by Crippen LogP contribution is 2.27. The molecule has 0 aliphatic carbocycles. The molecule has 0 amide bonds. The molecule has 0 unspecified atom stereocenters. The van der Waals surface area contributed by atoms with Crippen LogP contribution in [0.25, 0.3) is 10.9 Å². The lowest BCUT2D eigenvalue weighted by Crippen LogP contribution is -2.05. The van der Waals surface area contributed by atoms with Crippen LogP contribution in [0.15, 0.2) is 18.2 Å². The van der Waals surface area contributed by atoms with Crippen LogP contribution >= 0.6 is 0 Å². The Labute approximate surface area is 103 Å². The van der Waals surface area contributed by atoms with Gasteiger partial charge in [-0.15, -0.1) is 0 Å². The number of hydrogen-bond donors (Lipinski definition) is 1. The van der Waals surface area contributed by atoms with Crippen molar-refractivity contribution in [1.82, 2.24) is 4.57 Å². The van der Waals surface area contributed by atoms with E-state index in [1.807, 2.05) is 0 Å². The Kier molecular flexibility index (Phi) is 3.53. The third-order valence-electron chi connectivity index (χ3n) is 3.45. The van der Waals surface area contributed by atoms with Crippen molar-refractivity contribution in [3.63, 3.8) is 0 Å². The normalized spacial score (nSPS) is 11.3. The predicted octanol–water partition coefficient (Wildman–Crippen LogP) is 3.17. The number of benzene rings is 1. The molecule has 0 fully saturated rings. The fraction of sp³-hybridized carbons (Fsp3) is 0.467. The number of fused-ring (bicyclic) bond motifs is 1. The molecule has 0 saturated carbocycles. The van der Waals surface area contributed by atoms with Crippen LogP contribution in [0.2, 0.25) is 0 Å². The highest BCUT2D eigenvalue weighted by Gasteiger charge is 2.12. The summed E-state index contributed by atoms with van der Waals surface area (Å²) >= 11 is 0. The topological polar surface area (TPSA) is 30.9 Å². The fourth-order valence-corrected chi connectivity index (χ4v) is 2.63. The maximum absolute atomic E-state index is 5.72. The van der Waals surface area contributed by atoms with Crippen LogP contribution in [0, 0.1) is 13.8 Å². The Morgan fingerprint density at radius 3 is 2.65 bits per heavy atom. The summed E-state index contributed by atoms with van der Waals surface area (Å²) in [6.45, 7) is 8.41. The molecule has 2 heteroatoms. The van der Waals surface area contributed by atoms with E-state index in [0.29, 0.717) is 0 Å². The van der Waals surface area contributed by atoms with Gasteiger partial charge in [0.05, 0.1) is 0 Å². The average molecular weight is 230 g/mol. The van der Waals surface area contributed by atoms with E-state index >= 15 is 0 Å². The van der Waals surface area contributed by atoms with Gasteiger partial charge in [0.2, 0.25) is 0 Å². The van der Waals surface area contributed by atoms with Gasteiger partial charge in [-0.2, -0.15) is 0 Å². The van der Waals surface area contributed by atoms with Crippen LogP contribution in [-0.4, -0.2) is 11.1 Å². The van der Waals surface area contributed by atoms with E-state index in [0.717, 1.165) is 19.5 Å². The van der Waals surface area contributed by atoms with Crippen molar-refractivity contribution >= 4 is 10.9 Å². The highest BCUT2D eigenvalue weighted by atomic mass is 15.0. The summed E-state index contributed by atoms with van der Waals surface area (Å²) in [6.07, 6.45) is 2.14. The van der Waals surface area contributed by atoms with Gasteiger partial charge in [0, 0.05) is 23.1 Å². The quantitative estimate of drug-likeness (QED) is 0.859. The van der Waals surface area contributed by atoms with Gasteiger partial charge in [-0.05, 0) is 50.4 Å². The summed E-state index contributed by atoms with van der Waals surface area (Å²) in [5.74, 6) is 0. The molecule has 0 spiro atoms. The molecule has 2 nitrogen and oxygen atoms in total. The molecular weight excluding hydrogens is 208 g/mol. The molecule has 0 atom stereocenters. The zero-order valence-corrected chi connectivity index (χ0v) is 11.1. The minimum Gasteiger partial charge on any atom is -0.345 e. The molecule has 2 rings (SSSR count). The first-order valence-electron chi connectivity index (χ1n) is 6.47. The summed E-state index contributed by atoms with van der Waals surface area (Å²) in [6, 6.07) is 6.73. The summed E-state index contributed by atoms with van der Waals surface area (Å²) in [4.78, 5) is 0. The minimum atomic E-state index is 0.722. The molecule has 0 radical (unpaired) electrons. The largest absolute Gasteiger partial charge is 0.345 e. The van der Waals surface area contributed by atoms with E-state index in [1.165, 1.54) is 34.1 Å². The van der Waals surface area contributed by atoms with Crippen LogP contribution in [0.1, 0.15) is 30.2 Å². The number of rotatable bonds is 4. The maximum Gasteiger partial charge on any atom is 0.0487 e. The Bertz CT molecular complexity index is 523. The zero-order valence-electron chi connectivity index (χ0n) is 11.1. The van der Waals surface area contributed by atoms with E-state index in [9.17, 15) is 0 Å². The second-order valence-corrected chi connectivity index (χ2v) is 4.77. The molecule has 1 heterocycles. The SMILES string of the molecule is CCCn1c(C)c(CCN)c2ccc(C)cc21. The first-order valence-corrected chi connectivity index (χ1v) is 6.47. The first kappa shape index (κ1) is 12.2. The number of nitrogens with zero attached hydrogens (tertiary/aromatic N) is 1. The smallest absolute Gasteiger partial charge is 0.0487 e. The Hall–Kier alpha value is -1.28. The van der Waals surface area contributed by atoms with Crippen molar-refractivity contribution in [3.8, 4) is 0 Å². The monoisotopic (exact) mass is 230 g/mol. The van der Waals surface area contributed by atoms with Crippen molar-refractivity contribution in [3.05, 3.63) is 35.0 Å². The number of hydrogen-bond acceptors (Lipinski definition) is 1. The van der Waals surface area contributed by atoms with Gasteiger partial charge in [-0.3, -0.25) is 0 Å². The first-order chi connectivity index (χ1) is 8.19. The van der Waals surface area contributed by atoms with Crippen molar-refractivity contribution in [2.24, 2.45) is 5.73 Å². The van der Waals surface area contributed by atoms with Gasteiger partial charge in [0.25, 0.3) is 0 Å². The van der Waals surface area contributed by atoms with Crippen LogP contribution in [0.3, 0.4) is 0 Å². The molecule has 2 N–H and O–H groups in total. The van der Waals surface area contributed by atoms with E-state index in [1.54, 1.807) is 0 Å².